The largest absolute Gasteiger partial charge is 0.493 e. The number of carboxylic acids is 1. The van der Waals surface area contributed by atoms with E-state index in [1.54, 1.807) is 39.5 Å². The van der Waals surface area contributed by atoms with Gasteiger partial charge in [0.25, 0.3) is 0 Å². The summed E-state index contributed by atoms with van der Waals surface area (Å²) in [4.78, 5) is 10.7. The van der Waals surface area contributed by atoms with Crippen molar-refractivity contribution in [2.24, 2.45) is 0 Å². The SMILES string of the molecule is C=C(CCCCCCCOc1ccc(C=C(C#N)c2ccc(OC)c(OC)c2)cc1OC)C(=O)O. The third kappa shape index (κ3) is 8.42. The van der Waals surface area contributed by atoms with E-state index in [2.05, 4.69) is 12.6 Å². The quantitative estimate of drug-likeness (QED) is 0.142. The number of carboxylic acid groups (broad SMARTS) is 1. The van der Waals surface area contributed by atoms with Gasteiger partial charge in [0.05, 0.1) is 39.6 Å². The number of aliphatic carboxylic acids is 1. The average molecular weight is 480 g/mol. The first-order chi connectivity index (χ1) is 16.9. The Kier molecular flexibility index (Phi) is 11.2. The van der Waals surface area contributed by atoms with E-state index in [9.17, 15) is 10.1 Å². The maximum Gasteiger partial charge on any atom is 0.330 e. The van der Waals surface area contributed by atoms with Crippen LogP contribution in [0.3, 0.4) is 0 Å². The number of nitrogens with zero attached hydrogens (tertiary/aromatic N) is 1. The fourth-order valence-electron chi connectivity index (χ4n) is 3.50. The van der Waals surface area contributed by atoms with Gasteiger partial charge in [-0.2, -0.15) is 5.26 Å². The summed E-state index contributed by atoms with van der Waals surface area (Å²) >= 11 is 0. The first-order valence-electron chi connectivity index (χ1n) is 11.5. The molecular formula is C28H33NO6. The Balaban J connectivity index is 1.94. The molecule has 0 amide bonds. The molecule has 0 saturated heterocycles. The predicted octanol–water partition coefficient (Wildman–Crippen LogP) is 6.14. The third-order valence-electron chi connectivity index (χ3n) is 5.50. The second-order valence-electron chi connectivity index (χ2n) is 7.92. The Labute approximate surface area is 207 Å². The van der Waals surface area contributed by atoms with Gasteiger partial charge in [-0.15, -0.1) is 0 Å². The molecule has 2 aromatic carbocycles. The van der Waals surface area contributed by atoms with Crippen LogP contribution in [0, 0.1) is 11.3 Å². The van der Waals surface area contributed by atoms with E-state index in [4.69, 9.17) is 24.1 Å². The molecule has 0 saturated carbocycles. The van der Waals surface area contributed by atoms with Gasteiger partial charge < -0.3 is 24.1 Å². The lowest BCUT2D eigenvalue weighted by Crippen LogP contribution is -2.00. The van der Waals surface area contributed by atoms with E-state index in [1.165, 1.54) is 0 Å². The normalized spacial score (nSPS) is 10.9. The molecule has 0 aliphatic carbocycles. The van der Waals surface area contributed by atoms with Crippen LogP contribution in [0.15, 0.2) is 48.6 Å². The van der Waals surface area contributed by atoms with Crippen molar-refractivity contribution >= 4 is 17.6 Å². The summed E-state index contributed by atoms with van der Waals surface area (Å²) < 4.78 is 22.0. The van der Waals surface area contributed by atoms with E-state index in [0.717, 1.165) is 43.2 Å². The fraction of sp³-hybridized carbons (Fsp3) is 0.357. The number of hydrogen-bond acceptors (Lipinski definition) is 6. The number of allylic oxidation sites excluding steroid dienone is 1. The standard InChI is InChI=1S/C28H33NO6/c1-20(28(30)31)10-8-6-5-7-9-15-35-25-13-11-21(17-26(25)33-3)16-23(19-29)22-12-14-24(32-2)27(18-22)34-4/h11-14,16-18H,1,5-10,15H2,2-4H3,(H,30,31). The van der Waals surface area contributed by atoms with Gasteiger partial charge in [0, 0.05) is 5.57 Å². The topological polar surface area (TPSA) is 98.0 Å². The molecule has 0 radical (unpaired) electrons. The van der Waals surface area contributed by atoms with E-state index in [0.29, 0.717) is 41.6 Å². The van der Waals surface area contributed by atoms with Crippen LogP contribution in [0.4, 0.5) is 0 Å². The van der Waals surface area contributed by atoms with Gasteiger partial charge in [-0.25, -0.2) is 4.79 Å². The van der Waals surface area contributed by atoms with E-state index in [1.807, 2.05) is 24.3 Å². The highest BCUT2D eigenvalue weighted by molar-refractivity contribution is 5.90. The van der Waals surface area contributed by atoms with E-state index < -0.39 is 5.97 Å². The summed E-state index contributed by atoms with van der Waals surface area (Å²) in [7, 11) is 4.71. The molecule has 0 atom stereocenters. The average Bonchev–Trinajstić information content (AvgIpc) is 2.88. The molecular weight excluding hydrogens is 446 g/mol. The molecule has 0 aromatic heterocycles. The summed E-state index contributed by atoms with van der Waals surface area (Å²) in [5.74, 6) is 1.47. The minimum absolute atomic E-state index is 0.268. The summed E-state index contributed by atoms with van der Waals surface area (Å²) in [5.41, 5.74) is 2.28. The van der Waals surface area contributed by atoms with Crippen LogP contribution in [-0.4, -0.2) is 39.0 Å². The monoisotopic (exact) mass is 479 g/mol. The molecule has 0 aliphatic rings. The Morgan fingerprint density at radius 3 is 2.20 bits per heavy atom. The second kappa shape index (κ2) is 14.4. The minimum atomic E-state index is -0.918. The van der Waals surface area contributed by atoms with Crippen molar-refractivity contribution < 1.29 is 28.8 Å². The maximum absolute atomic E-state index is 10.7. The zero-order valence-corrected chi connectivity index (χ0v) is 20.6. The van der Waals surface area contributed by atoms with Gasteiger partial charge in [-0.1, -0.05) is 31.9 Å². The number of methoxy groups -OCH3 is 3. The first kappa shape index (κ1) is 27.3. The lowest BCUT2D eigenvalue weighted by Gasteiger charge is -2.12. The van der Waals surface area contributed by atoms with Gasteiger partial charge in [0.15, 0.2) is 23.0 Å². The first-order valence-corrected chi connectivity index (χ1v) is 11.5. The van der Waals surface area contributed by atoms with Crippen molar-refractivity contribution in [1.29, 1.82) is 5.26 Å². The van der Waals surface area contributed by atoms with Crippen LogP contribution in [0.2, 0.25) is 0 Å². The molecule has 35 heavy (non-hydrogen) atoms. The molecule has 0 heterocycles. The van der Waals surface area contributed by atoms with Crippen LogP contribution in [0.1, 0.15) is 49.7 Å². The van der Waals surface area contributed by atoms with Crippen LogP contribution in [0.25, 0.3) is 11.6 Å². The van der Waals surface area contributed by atoms with Crippen LogP contribution in [-0.2, 0) is 4.79 Å². The molecule has 0 fully saturated rings. The van der Waals surface area contributed by atoms with Gasteiger partial charge in [-0.3, -0.25) is 0 Å². The zero-order chi connectivity index (χ0) is 25.6. The van der Waals surface area contributed by atoms with Gasteiger partial charge >= 0.3 is 5.97 Å². The molecule has 0 spiro atoms. The predicted molar refractivity (Wildman–Crippen MR) is 136 cm³/mol. The number of unbranched alkanes of at least 4 members (excludes halogenated alkanes) is 4. The van der Waals surface area contributed by atoms with Crippen LogP contribution < -0.4 is 18.9 Å². The lowest BCUT2D eigenvalue weighted by atomic mass is 10.0. The molecule has 1 N–H and O–H groups in total. The van der Waals surface area contributed by atoms with Crippen LogP contribution >= 0.6 is 0 Å². The Hall–Kier alpha value is -3.92. The highest BCUT2D eigenvalue weighted by atomic mass is 16.5. The molecule has 0 unspecified atom stereocenters. The molecule has 0 aliphatic heterocycles. The number of nitriles is 1. The zero-order valence-electron chi connectivity index (χ0n) is 20.6. The maximum atomic E-state index is 10.7. The molecule has 0 bridgehead atoms. The molecule has 186 valence electrons. The third-order valence-corrected chi connectivity index (χ3v) is 5.50. The number of rotatable bonds is 15. The Morgan fingerprint density at radius 2 is 1.54 bits per heavy atom. The fourth-order valence-corrected chi connectivity index (χ4v) is 3.50. The van der Waals surface area contributed by atoms with Gasteiger partial charge in [0.1, 0.15) is 0 Å². The highest BCUT2D eigenvalue weighted by Crippen LogP contribution is 2.33. The Bertz CT molecular complexity index is 1080. The molecule has 7 nitrogen and oxygen atoms in total. The molecule has 2 rings (SSSR count). The van der Waals surface area contributed by atoms with Gasteiger partial charge in [0.2, 0.25) is 0 Å². The highest BCUT2D eigenvalue weighted by Gasteiger charge is 2.10. The van der Waals surface area contributed by atoms with Crippen molar-refractivity contribution in [2.75, 3.05) is 27.9 Å². The van der Waals surface area contributed by atoms with E-state index in [-0.39, 0.29) is 5.57 Å². The number of benzene rings is 2. The summed E-state index contributed by atoms with van der Waals surface area (Å²) in [6.07, 6.45) is 7.03. The summed E-state index contributed by atoms with van der Waals surface area (Å²) in [5, 5.41) is 18.5. The second-order valence-corrected chi connectivity index (χ2v) is 7.92. The van der Waals surface area contributed by atoms with Gasteiger partial charge in [-0.05, 0) is 66.8 Å². The number of hydrogen-bond donors (Lipinski definition) is 1. The smallest absolute Gasteiger partial charge is 0.330 e. The summed E-state index contributed by atoms with van der Waals surface area (Å²) in [6, 6.07) is 13.1. The van der Waals surface area contributed by atoms with Crippen molar-refractivity contribution in [3.63, 3.8) is 0 Å². The van der Waals surface area contributed by atoms with Crippen LogP contribution in [0.5, 0.6) is 23.0 Å². The Morgan fingerprint density at radius 1 is 0.914 bits per heavy atom. The van der Waals surface area contributed by atoms with Crippen molar-refractivity contribution in [2.45, 2.75) is 38.5 Å². The number of ether oxygens (including phenoxy) is 4. The summed E-state index contributed by atoms with van der Waals surface area (Å²) in [6.45, 7) is 4.10. The minimum Gasteiger partial charge on any atom is -0.493 e. The van der Waals surface area contributed by atoms with E-state index >= 15 is 0 Å². The van der Waals surface area contributed by atoms with Crippen molar-refractivity contribution in [3.05, 3.63) is 59.7 Å². The molecule has 2 aromatic rings. The number of carbonyl (C=O) groups is 1. The lowest BCUT2D eigenvalue weighted by molar-refractivity contribution is -0.132. The molecule has 7 heteroatoms. The van der Waals surface area contributed by atoms with Crippen molar-refractivity contribution in [3.8, 4) is 29.1 Å². The van der Waals surface area contributed by atoms with Crippen molar-refractivity contribution in [1.82, 2.24) is 0 Å².